The van der Waals surface area contributed by atoms with E-state index in [2.05, 4.69) is 25.6 Å². The van der Waals surface area contributed by atoms with Gasteiger partial charge < -0.3 is 15.5 Å². The van der Waals surface area contributed by atoms with Gasteiger partial charge >= 0.3 is 6.18 Å². The SMILES string of the molecule is C[C@H]1CN(c2cc(C(C)(F)F)cc(-c3ncnc4c3[C@H](C(F)(F)F)CC(=O)N4)n2)CCN1. The average molecular weight is 456 g/mol. The minimum absolute atomic E-state index is 0.0800. The first-order valence-electron chi connectivity index (χ1n) is 10.0. The first-order valence-corrected chi connectivity index (χ1v) is 10.0. The number of piperazine rings is 1. The number of rotatable bonds is 3. The average Bonchev–Trinajstić information content (AvgIpc) is 2.71. The molecular weight excluding hydrogens is 435 g/mol. The van der Waals surface area contributed by atoms with Gasteiger partial charge in [0, 0.05) is 50.1 Å². The quantitative estimate of drug-likeness (QED) is 0.689. The minimum atomic E-state index is -4.75. The number of amides is 1. The Balaban J connectivity index is 1.90. The third-order valence-electron chi connectivity index (χ3n) is 5.53. The number of nitrogens with one attached hydrogen (secondary N) is 2. The van der Waals surface area contributed by atoms with Crippen LogP contribution in [-0.2, 0) is 10.7 Å². The van der Waals surface area contributed by atoms with Gasteiger partial charge in [-0.1, -0.05) is 0 Å². The van der Waals surface area contributed by atoms with Gasteiger partial charge in [0.25, 0.3) is 5.92 Å². The highest BCUT2D eigenvalue weighted by Crippen LogP contribution is 2.46. The molecule has 2 aliphatic heterocycles. The Morgan fingerprint density at radius 1 is 1.16 bits per heavy atom. The van der Waals surface area contributed by atoms with E-state index in [1.165, 1.54) is 6.07 Å². The number of hydrogen-bond acceptors (Lipinski definition) is 6. The van der Waals surface area contributed by atoms with Crippen molar-refractivity contribution in [1.82, 2.24) is 20.3 Å². The first-order chi connectivity index (χ1) is 14.9. The molecule has 1 amide bonds. The second kappa shape index (κ2) is 7.91. The second-order valence-electron chi connectivity index (χ2n) is 8.12. The summed E-state index contributed by atoms with van der Waals surface area (Å²) in [6, 6.07) is 2.37. The second-order valence-corrected chi connectivity index (χ2v) is 8.12. The molecule has 2 aromatic rings. The molecule has 7 nitrogen and oxygen atoms in total. The van der Waals surface area contributed by atoms with E-state index in [9.17, 15) is 26.7 Å². The van der Waals surface area contributed by atoms with Crippen LogP contribution in [0.3, 0.4) is 0 Å². The van der Waals surface area contributed by atoms with E-state index in [1.54, 1.807) is 4.90 Å². The molecule has 0 aliphatic carbocycles. The molecule has 0 unspecified atom stereocenters. The lowest BCUT2D eigenvalue weighted by Crippen LogP contribution is -2.49. The molecule has 32 heavy (non-hydrogen) atoms. The van der Waals surface area contributed by atoms with Crippen LogP contribution in [-0.4, -0.2) is 52.7 Å². The van der Waals surface area contributed by atoms with E-state index >= 15 is 0 Å². The van der Waals surface area contributed by atoms with Crippen molar-refractivity contribution in [3.05, 3.63) is 29.6 Å². The van der Waals surface area contributed by atoms with Crippen molar-refractivity contribution in [1.29, 1.82) is 0 Å². The number of carbonyl (C=O) groups excluding carboxylic acids is 1. The molecule has 2 aromatic heterocycles. The summed E-state index contributed by atoms with van der Waals surface area (Å²) >= 11 is 0. The number of fused-ring (bicyclic) bond motifs is 1. The first kappa shape index (κ1) is 22.3. The van der Waals surface area contributed by atoms with Gasteiger partial charge in [-0.2, -0.15) is 13.2 Å². The largest absolute Gasteiger partial charge is 0.396 e. The minimum Gasteiger partial charge on any atom is -0.354 e. The maximum absolute atomic E-state index is 14.3. The van der Waals surface area contributed by atoms with Gasteiger partial charge in [0.05, 0.1) is 17.3 Å². The summed E-state index contributed by atoms with van der Waals surface area (Å²) in [6.45, 7) is 4.25. The van der Waals surface area contributed by atoms with Crippen LogP contribution in [0.25, 0.3) is 11.4 Å². The fraction of sp³-hybridized carbons (Fsp3) is 0.500. The van der Waals surface area contributed by atoms with Crippen LogP contribution < -0.4 is 15.5 Å². The van der Waals surface area contributed by atoms with Crippen LogP contribution in [0, 0.1) is 0 Å². The Labute approximate surface area is 180 Å². The predicted molar refractivity (Wildman–Crippen MR) is 107 cm³/mol. The molecule has 0 bridgehead atoms. The normalized spacial score (nSPS) is 21.8. The van der Waals surface area contributed by atoms with Crippen molar-refractivity contribution in [2.24, 2.45) is 0 Å². The Bertz CT molecular complexity index is 1040. The van der Waals surface area contributed by atoms with Crippen LogP contribution in [0.1, 0.15) is 37.3 Å². The van der Waals surface area contributed by atoms with Gasteiger partial charge in [0.15, 0.2) is 0 Å². The summed E-state index contributed by atoms with van der Waals surface area (Å²) in [6.07, 6.45) is -4.62. The molecular formula is C20H21F5N6O. The van der Waals surface area contributed by atoms with Crippen molar-refractivity contribution in [3.63, 3.8) is 0 Å². The number of alkyl halides is 5. The zero-order chi connectivity index (χ0) is 23.3. The molecule has 1 fully saturated rings. The van der Waals surface area contributed by atoms with Crippen molar-refractivity contribution in [3.8, 4) is 11.4 Å². The van der Waals surface area contributed by atoms with Crippen molar-refractivity contribution < 1.29 is 26.7 Å². The number of anilines is 2. The zero-order valence-electron chi connectivity index (χ0n) is 17.3. The van der Waals surface area contributed by atoms with Gasteiger partial charge in [-0.15, -0.1) is 0 Å². The van der Waals surface area contributed by atoms with Crippen LogP contribution in [0.5, 0.6) is 0 Å². The van der Waals surface area contributed by atoms with Crippen molar-refractivity contribution in [2.45, 2.75) is 44.3 Å². The maximum atomic E-state index is 14.3. The van der Waals surface area contributed by atoms with E-state index in [0.29, 0.717) is 26.6 Å². The molecule has 4 rings (SSSR count). The molecule has 0 spiro atoms. The molecule has 0 radical (unpaired) electrons. The lowest BCUT2D eigenvalue weighted by Gasteiger charge is -2.33. The molecule has 2 atom stereocenters. The van der Waals surface area contributed by atoms with Crippen molar-refractivity contribution in [2.75, 3.05) is 29.9 Å². The molecule has 172 valence electrons. The van der Waals surface area contributed by atoms with Gasteiger partial charge in [-0.25, -0.2) is 23.7 Å². The Morgan fingerprint density at radius 2 is 1.91 bits per heavy atom. The lowest BCUT2D eigenvalue weighted by molar-refractivity contribution is -0.156. The lowest BCUT2D eigenvalue weighted by atomic mass is 9.89. The van der Waals surface area contributed by atoms with Gasteiger partial charge in [-0.3, -0.25) is 4.79 Å². The molecule has 12 heteroatoms. The molecule has 1 saturated heterocycles. The van der Waals surface area contributed by atoms with Gasteiger partial charge in [-0.05, 0) is 19.1 Å². The topological polar surface area (TPSA) is 83.0 Å². The number of pyridine rings is 1. The van der Waals surface area contributed by atoms with Crippen LogP contribution in [0.15, 0.2) is 18.5 Å². The summed E-state index contributed by atoms with van der Waals surface area (Å²) in [4.78, 5) is 25.8. The number of hydrogen-bond donors (Lipinski definition) is 2. The summed E-state index contributed by atoms with van der Waals surface area (Å²) < 4.78 is 69.9. The number of nitrogens with zero attached hydrogens (tertiary/aromatic N) is 4. The highest BCUT2D eigenvalue weighted by atomic mass is 19.4. The number of carbonyl (C=O) groups is 1. The van der Waals surface area contributed by atoms with Crippen LogP contribution in [0.2, 0.25) is 0 Å². The highest BCUT2D eigenvalue weighted by molar-refractivity contribution is 5.95. The maximum Gasteiger partial charge on any atom is 0.396 e. The van der Waals surface area contributed by atoms with E-state index in [-0.39, 0.29) is 40.2 Å². The fourth-order valence-corrected chi connectivity index (χ4v) is 3.97. The van der Waals surface area contributed by atoms with E-state index in [0.717, 1.165) is 12.4 Å². The summed E-state index contributed by atoms with van der Waals surface area (Å²) in [5, 5.41) is 5.55. The molecule has 2 N–H and O–H groups in total. The number of aromatic nitrogens is 3. The number of halogens is 5. The van der Waals surface area contributed by atoms with Crippen LogP contribution in [0.4, 0.5) is 33.6 Å². The molecule has 0 aromatic carbocycles. The molecule has 4 heterocycles. The smallest absolute Gasteiger partial charge is 0.354 e. The summed E-state index contributed by atoms with van der Waals surface area (Å²) in [5.74, 6) is -6.32. The monoisotopic (exact) mass is 456 g/mol. The third-order valence-corrected chi connectivity index (χ3v) is 5.53. The standard InChI is InChI=1S/C20H21F5N6O/c1-10-8-31(4-3-26-10)14-6-11(19(2,21)22)5-13(29-14)17-16-12(20(23,24)25)7-15(32)30-18(16)28-9-27-17/h5-6,9-10,12,26H,3-4,7-8H2,1-2H3,(H,27,28,30,32)/t10-,12+/m0/s1. The van der Waals surface area contributed by atoms with E-state index in [4.69, 9.17) is 0 Å². The Kier molecular flexibility index (Phi) is 5.51. The Hall–Kier alpha value is -2.89. The zero-order valence-corrected chi connectivity index (χ0v) is 17.3. The van der Waals surface area contributed by atoms with Gasteiger partial charge in [0.2, 0.25) is 5.91 Å². The highest BCUT2D eigenvalue weighted by Gasteiger charge is 2.47. The van der Waals surface area contributed by atoms with Crippen LogP contribution >= 0.6 is 0 Å². The third kappa shape index (κ3) is 4.36. The summed E-state index contributed by atoms with van der Waals surface area (Å²) in [7, 11) is 0. The molecule has 0 saturated carbocycles. The van der Waals surface area contributed by atoms with Crippen molar-refractivity contribution >= 4 is 17.5 Å². The fourth-order valence-electron chi connectivity index (χ4n) is 3.97. The summed E-state index contributed by atoms with van der Waals surface area (Å²) in [5.41, 5.74) is -1.12. The molecule has 2 aliphatic rings. The van der Waals surface area contributed by atoms with Gasteiger partial charge in [0.1, 0.15) is 18.0 Å². The Morgan fingerprint density at radius 3 is 2.56 bits per heavy atom. The predicted octanol–water partition coefficient (Wildman–Crippen LogP) is 3.44. The van der Waals surface area contributed by atoms with E-state index < -0.39 is 30.3 Å². The van der Waals surface area contributed by atoms with E-state index in [1.807, 2.05) is 6.92 Å².